The highest BCUT2D eigenvalue weighted by molar-refractivity contribution is 6.08. The van der Waals surface area contributed by atoms with Crippen molar-refractivity contribution in [3.05, 3.63) is 35.9 Å². The smallest absolute Gasteiger partial charge is 0.343 e. The first-order valence-corrected chi connectivity index (χ1v) is 12.2. The second-order valence-electron chi connectivity index (χ2n) is 8.85. The number of nitrogens with zero attached hydrogens (tertiary/aromatic N) is 6. The summed E-state index contributed by atoms with van der Waals surface area (Å²) in [4.78, 5) is 29.2. The molecule has 1 amide bonds. The molecular weight excluding hydrogens is 524 g/mol. The van der Waals surface area contributed by atoms with Gasteiger partial charge in [0.05, 0.1) is 25.0 Å². The normalized spacial score (nSPS) is 17.2. The first kappa shape index (κ1) is 31.5. The van der Waals surface area contributed by atoms with Gasteiger partial charge < -0.3 is 20.7 Å². The fourth-order valence-electron chi connectivity index (χ4n) is 3.55. The number of hydrogen-bond acceptors (Lipinski definition) is 8. The number of fused-ring (bicyclic) bond motifs is 1. The van der Waals surface area contributed by atoms with E-state index in [0.29, 0.717) is 18.9 Å². The molecule has 3 N–H and O–H groups in total. The molecule has 1 aliphatic rings. The van der Waals surface area contributed by atoms with E-state index in [9.17, 15) is 27.2 Å². The van der Waals surface area contributed by atoms with Crippen molar-refractivity contribution in [2.24, 2.45) is 12.8 Å². The predicted molar refractivity (Wildman–Crippen MR) is 137 cm³/mol. The molecule has 0 aromatic carbocycles. The predicted octanol–water partition coefficient (Wildman–Crippen LogP) is 3.46. The molecule has 0 bridgehead atoms. The van der Waals surface area contributed by atoms with E-state index in [2.05, 4.69) is 25.2 Å². The quantitative estimate of drug-likeness (QED) is 0.360. The van der Waals surface area contributed by atoms with Crippen LogP contribution in [0.3, 0.4) is 0 Å². The molecule has 39 heavy (non-hydrogen) atoms. The van der Waals surface area contributed by atoms with E-state index in [1.54, 1.807) is 12.3 Å². The number of alkyl halides is 4. The molecule has 1 fully saturated rings. The maximum absolute atomic E-state index is 13.6. The van der Waals surface area contributed by atoms with E-state index < -0.39 is 41.9 Å². The van der Waals surface area contributed by atoms with Gasteiger partial charge in [-0.2, -0.15) is 10.2 Å². The Labute approximate surface area is 223 Å². The Bertz CT molecular complexity index is 1260. The molecule has 216 valence electrons. The van der Waals surface area contributed by atoms with Crippen LogP contribution in [0.1, 0.15) is 56.6 Å². The van der Waals surface area contributed by atoms with Gasteiger partial charge >= 0.3 is 5.97 Å². The maximum Gasteiger partial charge on any atom is 0.343 e. The highest BCUT2D eigenvalue weighted by Crippen LogP contribution is 2.26. The number of carbonyl (C=O) groups is 2. The number of amides is 1. The summed E-state index contributed by atoms with van der Waals surface area (Å²) in [7, 11) is 2.64. The van der Waals surface area contributed by atoms with Gasteiger partial charge in [0, 0.05) is 32.5 Å². The van der Waals surface area contributed by atoms with Gasteiger partial charge in [-0.15, -0.1) is 0 Å². The van der Waals surface area contributed by atoms with Gasteiger partial charge in [-0.05, 0) is 26.3 Å². The summed E-state index contributed by atoms with van der Waals surface area (Å²) in [5.74, 6) is -0.944. The summed E-state index contributed by atoms with van der Waals surface area (Å²) in [6.45, 7) is 7.05. The number of hydrogen-bond donors (Lipinski definition) is 2. The lowest BCUT2D eigenvalue weighted by Crippen LogP contribution is -2.50. The second-order valence-corrected chi connectivity index (χ2v) is 8.85. The molecule has 11 nitrogen and oxygen atoms in total. The van der Waals surface area contributed by atoms with Crippen molar-refractivity contribution in [1.82, 2.24) is 24.4 Å². The average molecular weight is 559 g/mol. The fourth-order valence-corrected chi connectivity index (χ4v) is 3.55. The van der Waals surface area contributed by atoms with Crippen LogP contribution in [0.15, 0.2) is 24.7 Å². The largest absolute Gasteiger partial charge is 0.467 e. The third-order valence-electron chi connectivity index (χ3n) is 5.48. The van der Waals surface area contributed by atoms with Crippen LogP contribution in [0.25, 0.3) is 5.65 Å². The number of methoxy groups -OCH3 is 1. The molecule has 0 aliphatic carbocycles. The first-order chi connectivity index (χ1) is 18.3. The Morgan fingerprint density at radius 1 is 1.28 bits per heavy atom. The third-order valence-corrected chi connectivity index (χ3v) is 5.48. The number of anilines is 2. The standard InChI is InChI=1S/C17H19F3N8O.C5H9FO2.C2H6/c1-26-8-12(14(25-26)15(19)20)23-17(29)9-6-22-28-5-3-13(24-16(9)28)27-4-2-10(18)11(21)7-27;1-5(2,6)4(7)8-3;1-2/h3,5-6,8,10-11,15H,2,4,7,21H2,1H3,(H,23,29);1-3H3;1-2H3. The molecule has 4 rings (SSSR count). The van der Waals surface area contributed by atoms with Crippen LogP contribution in [0, 0.1) is 0 Å². The van der Waals surface area contributed by atoms with Crippen LogP contribution < -0.4 is 16.0 Å². The molecule has 1 aliphatic heterocycles. The highest BCUT2D eigenvalue weighted by atomic mass is 19.3. The van der Waals surface area contributed by atoms with Crippen molar-refractivity contribution < 1.29 is 31.9 Å². The Morgan fingerprint density at radius 3 is 2.49 bits per heavy atom. The number of aromatic nitrogens is 5. The number of carbonyl (C=O) groups excluding carboxylic acids is 2. The SMILES string of the molecule is CC.COC(=O)C(C)(C)F.Cn1cc(NC(=O)c2cnn3ccc(N4CCC(F)C(N)C4)nc23)c(C(F)F)n1. The minimum Gasteiger partial charge on any atom is -0.467 e. The van der Waals surface area contributed by atoms with E-state index in [-0.39, 0.29) is 23.3 Å². The van der Waals surface area contributed by atoms with Crippen LogP contribution in [0.2, 0.25) is 0 Å². The van der Waals surface area contributed by atoms with E-state index in [4.69, 9.17) is 5.73 Å². The van der Waals surface area contributed by atoms with Crippen molar-refractivity contribution in [3.63, 3.8) is 0 Å². The minimum atomic E-state index is -2.83. The van der Waals surface area contributed by atoms with Crippen molar-refractivity contribution in [2.45, 2.75) is 58.4 Å². The summed E-state index contributed by atoms with van der Waals surface area (Å²) in [6.07, 6.45) is 0.623. The zero-order valence-electron chi connectivity index (χ0n) is 22.7. The van der Waals surface area contributed by atoms with Gasteiger partial charge in [0.2, 0.25) is 5.67 Å². The number of ether oxygens (including phenoxy) is 1. The molecule has 3 aromatic rings. The topological polar surface area (TPSA) is 133 Å². The van der Waals surface area contributed by atoms with Crippen molar-refractivity contribution in [2.75, 3.05) is 30.4 Å². The molecular formula is C24H34F4N8O3. The Morgan fingerprint density at radius 2 is 1.95 bits per heavy atom. The van der Waals surface area contributed by atoms with Gasteiger partial charge in [0.15, 0.2) is 11.3 Å². The number of piperidine rings is 1. The minimum absolute atomic E-state index is 0.0843. The number of nitrogens with two attached hydrogens (primary N) is 1. The molecule has 2 atom stereocenters. The molecule has 2 unspecified atom stereocenters. The van der Waals surface area contributed by atoms with Gasteiger partial charge in [-0.1, -0.05) is 13.8 Å². The molecule has 1 saturated heterocycles. The average Bonchev–Trinajstić information content (AvgIpc) is 3.49. The van der Waals surface area contributed by atoms with Gasteiger partial charge in [0.1, 0.15) is 17.6 Å². The van der Waals surface area contributed by atoms with Gasteiger partial charge in [-0.25, -0.2) is 31.9 Å². The van der Waals surface area contributed by atoms with Crippen LogP contribution >= 0.6 is 0 Å². The fraction of sp³-hybridized carbons (Fsp3) is 0.542. The Kier molecular flexibility index (Phi) is 10.8. The number of esters is 1. The lowest BCUT2D eigenvalue weighted by atomic mass is 10.0. The van der Waals surface area contributed by atoms with E-state index >= 15 is 0 Å². The van der Waals surface area contributed by atoms with Crippen molar-refractivity contribution >= 4 is 29.0 Å². The first-order valence-electron chi connectivity index (χ1n) is 12.2. The summed E-state index contributed by atoms with van der Waals surface area (Å²) < 4.78 is 58.9. The number of aryl methyl sites for hydroxylation is 1. The Balaban J connectivity index is 0.000000460. The van der Waals surface area contributed by atoms with Crippen molar-refractivity contribution in [3.8, 4) is 0 Å². The lowest BCUT2D eigenvalue weighted by molar-refractivity contribution is -0.152. The number of rotatable bonds is 5. The molecule has 3 aromatic heterocycles. The molecule has 0 saturated carbocycles. The van der Waals surface area contributed by atoms with E-state index in [1.807, 2.05) is 18.7 Å². The molecule has 4 heterocycles. The summed E-state index contributed by atoms with van der Waals surface area (Å²) in [5.41, 5.74) is 3.71. The zero-order chi connectivity index (χ0) is 29.5. The van der Waals surface area contributed by atoms with Gasteiger partial charge in [0.25, 0.3) is 12.3 Å². The highest BCUT2D eigenvalue weighted by Gasteiger charge is 2.28. The number of halogens is 4. The van der Waals surface area contributed by atoms with E-state index in [0.717, 1.165) is 21.0 Å². The second kappa shape index (κ2) is 13.4. The Hall–Kier alpha value is -3.75. The summed E-state index contributed by atoms with van der Waals surface area (Å²) in [5, 5.41) is 10.2. The molecule has 0 radical (unpaired) electrons. The maximum atomic E-state index is 13.6. The van der Waals surface area contributed by atoms with E-state index in [1.165, 1.54) is 28.6 Å². The van der Waals surface area contributed by atoms with Gasteiger partial charge in [-0.3, -0.25) is 9.48 Å². The van der Waals surface area contributed by atoms with Crippen LogP contribution in [0.5, 0.6) is 0 Å². The number of nitrogens with one attached hydrogen (secondary N) is 1. The lowest BCUT2D eigenvalue weighted by Gasteiger charge is -2.33. The van der Waals surface area contributed by atoms with Crippen LogP contribution in [-0.4, -0.2) is 74.3 Å². The summed E-state index contributed by atoms with van der Waals surface area (Å²) in [6, 6.07) is 1.08. The third kappa shape index (κ3) is 7.88. The molecule has 0 spiro atoms. The van der Waals surface area contributed by atoms with Crippen LogP contribution in [-0.2, 0) is 16.6 Å². The zero-order valence-corrected chi connectivity index (χ0v) is 22.7. The molecule has 15 heteroatoms. The van der Waals surface area contributed by atoms with Crippen LogP contribution in [0.4, 0.5) is 29.1 Å². The monoisotopic (exact) mass is 558 g/mol. The van der Waals surface area contributed by atoms with Crippen molar-refractivity contribution in [1.29, 1.82) is 0 Å². The summed E-state index contributed by atoms with van der Waals surface area (Å²) >= 11 is 0.